The second-order valence-electron chi connectivity index (χ2n) is 5.90. The molecule has 106 valence electrons. The van der Waals surface area contributed by atoms with Crippen molar-refractivity contribution in [2.24, 2.45) is 11.3 Å². The zero-order valence-electron chi connectivity index (χ0n) is 11.8. The summed E-state index contributed by atoms with van der Waals surface area (Å²) in [7, 11) is 0. The van der Waals surface area contributed by atoms with Gasteiger partial charge in [0.2, 0.25) is 5.91 Å². The summed E-state index contributed by atoms with van der Waals surface area (Å²) in [5.74, 6) is -0.180. The third-order valence-electron chi connectivity index (χ3n) is 2.38. The Morgan fingerprint density at radius 2 is 1.89 bits per heavy atom. The minimum atomic E-state index is -0.883. The molecule has 18 heavy (non-hydrogen) atoms. The number of nitrogens with one attached hydrogen (secondary N) is 1. The molecular formula is C13H25NO3S. The number of carbonyl (C=O) groups excluding carboxylic acids is 1. The first kappa shape index (κ1) is 17.3. The van der Waals surface area contributed by atoms with Gasteiger partial charge in [-0.3, -0.25) is 9.59 Å². The molecule has 0 aromatic rings. The number of hydrogen-bond donors (Lipinski definition) is 2. The van der Waals surface area contributed by atoms with Crippen LogP contribution in [0.3, 0.4) is 0 Å². The Hall–Kier alpha value is -0.710. The van der Waals surface area contributed by atoms with E-state index >= 15 is 0 Å². The molecule has 1 atom stereocenters. The fraction of sp³-hybridized carbons (Fsp3) is 0.846. The van der Waals surface area contributed by atoms with Crippen LogP contribution in [0.2, 0.25) is 0 Å². The molecule has 0 saturated heterocycles. The van der Waals surface area contributed by atoms with E-state index in [-0.39, 0.29) is 17.4 Å². The second-order valence-corrected chi connectivity index (χ2v) is 6.88. The lowest BCUT2D eigenvalue weighted by Crippen LogP contribution is -2.28. The molecule has 5 heteroatoms. The number of carboxylic acid groups (broad SMARTS) is 1. The highest BCUT2D eigenvalue weighted by Gasteiger charge is 2.15. The van der Waals surface area contributed by atoms with E-state index in [1.54, 1.807) is 0 Å². The van der Waals surface area contributed by atoms with Crippen LogP contribution in [-0.4, -0.2) is 35.0 Å². The molecule has 0 rings (SSSR count). The molecule has 0 heterocycles. The van der Waals surface area contributed by atoms with Gasteiger partial charge < -0.3 is 10.4 Å². The topological polar surface area (TPSA) is 66.4 Å². The molecule has 0 radical (unpaired) electrons. The van der Waals surface area contributed by atoms with E-state index in [0.29, 0.717) is 17.9 Å². The summed E-state index contributed by atoms with van der Waals surface area (Å²) >= 11 is 1.13. The maximum absolute atomic E-state index is 11.4. The van der Waals surface area contributed by atoms with Crippen LogP contribution in [0, 0.1) is 11.3 Å². The number of amides is 1. The highest BCUT2D eigenvalue weighted by Crippen LogP contribution is 2.25. The molecule has 0 aliphatic carbocycles. The Morgan fingerprint density at radius 1 is 1.28 bits per heavy atom. The van der Waals surface area contributed by atoms with Gasteiger partial charge in [0.05, 0.1) is 11.5 Å². The summed E-state index contributed by atoms with van der Waals surface area (Å²) in [6, 6.07) is 0. The summed E-state index contributed by atoms with van der Waals surface area (Å²) < 4.78 is 0. The van der Waals surface area contributed by atoms with Gasteiger partial charge in [0.1, 0.15) is 0 Å². The van der Waals surface area contributed by atoms with Crippen molar-refractivity contribution < 1.29 is 14.7 Å². The molecule has 0 saturated carbocycles. The third-order valence-corrected chi connectivity index (χ3v) is 3.30. The summed E-state index contributed by atoms with van der Waals surface area (Å²) in [4.78, 5) is 21.6. The first-order chi connectivity index (χ1) is 8.20. The SMILES string of the molecule is CC(CCNC(=O)CSCC(=O)O)CC(C)(C)C. The van der Waals surface area contributed by atoms with Crippen molar-refractivity contribution in [2.75, 3.05) is 18.1 Å². The van der Waals surface area contributed by atoms with Gasteiger partial charge in [-0.15, -0.1) is 11.8 Å². The number of aliphatic carboxylic acids is 1. The van der Waals surface area contributed by atoms with Crippen molar-refractivity contribution in [2.45, 2.75) is 40.5 Å². The summed E-state index contributed by atoms with van der Waals surface area (Å²) in [5, 5.41) is 11.3. The molecule has 0 fully saturated rings. The van der Waals surface area contributed by atoms with Crippen LogP contribution in [-0.2, 0) is 9.59 Å². The normalized spacial score (nSPS) is 13.1. The van der Waals surface area contributed by atoms with Crippen molar-refractivity contribution in [3.05, 3.63) is 0 Å². The van der Waals surface area contributed by atoms with Gasteiger partial charge in [-0.25, -0.2) is 0 Å². The van der Waals surface area contributed by atoms with E-state index in [4.69, 9.17) is 5.11 Å². The quantitative estimate of drug-likeness (QED) is 0.714. The lowest BCUT2D eigenvalue weighted by atomic mass is 9.84. The van der Waals surface area contributed by atoms with Gasteiger partial charge in [0.15, 0.2) is 0 Å². The van der Waals surface area contributed by atoms with Gasteiger partial charge in [0.25, 0.3) is 0 Å². The van der Waals surface area contributed by atoms with Gasteiger partial charge in [-0.05, 0) is 24.2 Å². The highest BCUT2D eigenvalue weighted by molar-refractivity contribution is 8.00. The van der Waals surface area contributed by atoms with Crippen LogP contribution >= 0.6 is 11.8 Å². The highest BCUT2D eigenvalue weighted by atomic mass is 32.2. The van der Waals surface area contributed by atoms with E-state index in [1.807, 2.05) is 0 Å². The van der Waals surface area contributed by atoms with Crippen LogP contribution in [0.15, 0.2) is 0 Å². The molecule has 1 amide bonds. The molecule has 0 aliphatic heterocycles. The standard InChI is InChI=1S/C13H25NO3S/c1-10(7-13(2,3)4)5-6-14-11(15)8-18-9-12(16)17/h10H,5-9H2,1-4H3,(H,14,15)(H,16,17). The fourth-order valence-corrected chi connectivity index (χ4v) is 2.45. The summed E-state index contributed by atoms with van der Waals surface area (Å²) in [6.07, 6.45) is 2.10. The monoisotopic (exact) mass is 275 g/mol. The van der Waals surface area contributed by atoms with Crippen molar-refractivity contribution in [1.29, 1.82) is 0 Å². The smallest absolute Gasteiger partial charge is 0.313 e. The number of hydrogen-bond acceptors (Lipinski definition) is 3. The van der Waals surface area contributed by atoms with Crippen LogP contribution in [0.5, 0.6) is 0 Å². The van der Waals surface area contributed by atoms with Crippen molar-refractivity contribution >= 4 is 23.6 Å². The minimum absolute atomic E-state index is 0.0200. The fourth-order valence-electron chi connectivity index (χ4n) is 1.89. The first-order valence-electron chi connectivity index (χ1n) is 6.27. The molecule has 0 aromatic heterocycles. The Morgan fingerprint density at radius 3 is 2.39 bits per heavy atom. The Balaban J connectivity index is 3.59. The van der Waals surface area contributed by atoms with Gasteiger partial charge in [0, 0.05) is 6.54 Å². The Kier molecular flexibility index (Phi) is 8.07. The van der Waals surface area contributed by atoms with Crippen LogP contribution in [0.25, 0.3) is 0 Å². The molecule has 0 spiro atoms. The van der Waals surface area contributed by atoms with Crippen LogP contribution in [0.1, 0.15) is 40.5 Å². The van der Waals surface area contributed by atoms with Crippen LogP contribution in [0.4, 0.5) is 0 Å². The zero-order chi connectivity index (χ0) is 14.2. The molecule has 2 N–H and O–H groups in total. The average molecular weight is 275 g/mol. The molecule has 0 bridgehead atoms. The number of thioether (sulfide) groups is 1. The zero-order valence-corrected chi connectivity index (χ0v) is 12.6. The van der Waals surface area contributed by atoms with E-state index in [0.717, 1.165) is 24.6 Å². The summed E-state index contributed by atoms with van der Waals surface area (Å²) in [5.41, 5.74) is 0.320. The van der Waals surface area contributed by atoms with Gasteiger partial charge in [-0.1, -0.05) is 27.7 Å². The molecule has 0 aliphatic rings. The number of rotatable bonds is 8. The lowest BCUT2D eigenvalue weighted by molar-refractivity contribution is -0.133. The lowest BCUT2D eigenvalue weighted by Gasteiger charge is -2.23. The Labute approximate surface area is 114 Å². The largest absolute Gasteiger partial charge is 0.481 e. The van der Waals surface area contributed by atoms with Crippen molar-refractivity contribution in [1.82, 2.24) is 5.32 Å². The number of carbonyl (C=O) groups is 2. The maximum atomic E-state index is 11.4. The molecular weight excluding hydrogens is 250 g/mol. The van der Waals surface area contributed by atoms with E-state index in [2.05, 4.69) is 33.0 Å². The predicted octanol–water partition coefficient (Wildman–Crippen LogP) is 2.38. The Bertz CT molecular complexity index is 274. The van der Waals surface area contributed by atoms with Gasteiger partial charge >= 0.3 is 5.97 Å². The van der Waals surface area contributed by atoms with Gasteiger partial charge in [-0.2, -0.15) is 0 Å². The second kappa shape index (κ2) is 8.40. The predicted molar refractivity (Wildman–Crippen MR) is 75.8 cm³/mol. The summed E-state index contributed by atoms with van der Waals surface area (Å²) in [6.45, 7) is 9.50. The van der Waals surface area contributed by atoms with Crippen molar-refractivity contribution in [3.8, 4) is 0 Å². The van der Waals surface area contributed by atoms with E-state index < -0.39 is 5.97 Å². The van der Waals surface area contributed by atoms with E-state index in [9.17, 15) is 9.59 Å². The number of carboxylic acids is 1. The molecule has 4 nitrogen and oxygen atoms in total. The molecule has 0 aromatic carbocycles. The van der Waals surface area contributed by atoms with E-state index in [1.165, 1.54) is 0 Å². The van der Waals surface area contributed by atoms with Crippen molar-refractivity contribution in [3.63, 3.8) is 0 Å². The molecule has 1 unspecified atom stereocenters. The maximum Gasteiger partial charge on any atom is 0.313 e. The first-order valence-corrected chi connectivity index (χ1v) is 7.42. The average Bonchev–Trinajstić information content (AvgIpc) is 2.13. The third kappa shape index (κ3) is 11.8. The minimum Gasteiger partial charge on any atom is -0.481 e. The van der Waals surface area contributed by atoms with Crippen LogP contribution < -0.4 is 5.32 Å².